The SMILES string of the molecule is c1ccc(-c2cc(CNc3ncnc4c3oc3ccccc34)on2)cc1. The standard InChI is InChI=1S/C20H14N4O2/c1-2-6-13(7-3-1)16-10-14(26-24-16)11-21-20-19-18(22-12-23-20)15-8-4-5-9-17(15)25-19/h1-10,12H,11H2,(H,21,22,23). The van der Waals surface area contributed by atoms with E-state index in [-0.39, 0.29) is 0 Å². The van der Waals surface area contributed by atoms with Crippen molar-refractivity contribution in [1.29, 1.82) is 0 Å². The Morgan fingerprint density at radius 3 is 2.69 bits per heavy atom. The molecular formula is C20H14N4O2. The molecule has 0 amide bonds. The molecule has 126 valence electrons. The van der Waals surface area contributed by atoms with Crippen LogP contribution in [0.1, 0.15) is 5.76 Å². The molecule has 26 heavy (non-hydrogen) atoms. The van der Waals surface area contributed by atoms with Crippen LogP contribution in [0.3, 0.4) is 0 Å². The zero-order valence-corrected chi connectivity index (χ0v) is 13.7. The Balaban J connectivity index is 1.43. The summed E-state index contributed by atoms with van der Waals surface area (Å²) in [6, 6.07) is 19.6. The molecule has 6 nitrogen and oxygen atoms in total. The van der Waals surface area contributed by atoms with E-state index in [9.17, 15) is 0 Å². The van der Waals surface area contributed by atoms with Crippen LogP contribution in [0.15, 0.2) is 75.9 Å². The van der Waals surface area contributed by atoms with Gasteiger partial charge in [-0.3, -0.25) is 0 Å². The van der Waals surface area contributed by atoms with Crippen molar-refractivity contribution in [3.8, 4) is 11.3 Å². The highest BCUT2D eigenvalue weighted by Crippen LogP contribution is 2.30. The van der Waals surface area contributed by atoms with Crippen LogP contribution >= 0.6 is 0 Å². The highest BCUT2D eigenvalue weighted by molar-refractivity contribution is 6.05. The van der Waals surface area contributed by atoms with Crippen LogP contribution in [0.4, 0.5) is 5.82 Å². The van der Waals surface area contributed by atoms with Crippen LogP contribution in [0.25, 0.3) is 33.3 Å². The topological polar surface area (TPSA) is 77.0 Å². The smallest absolute Gasteiger partial charge is 0.196 e. The second-order valence-corrected chi connectivity index (χ2v) is 5.90. The maximum absolute atomic E-state index is 5.91. The Morgan fingerprint density at radius 1 is 0.923 bits per heavy atom. The van der Waals surface area contributed by atoms with Gasteiger partial charge in [-0.25, -0.2) is 9.97 Å². The lowest BCUT2D eigenvalue weighted by Gasteiger charge is -2.02. The maximum atomic E-state index is 5.91. The molecule has 0 atom stereocenters. The van der Waals surface area contributed by atoms with Gasteiger partial charge in [-0.05, 0) is 12.1 Å². The first kappa shape index (κ1) is 14.7. The fourth-order valence-electron chi connectivity index (χ4n) is 2.96. The second-order valence-electron chi connectivity index (χ2n) is 5.90. The fraction of sp³-hybridized carbons (Fsp3) is 0.0500. The molecule has 5 rings (SSSR count). The number of hydrogen-bond acceptors (Lipinski definition) is 6. The first-order chi connectivity index (χ1) is 12.9. The van der Waals surface area contributed by atoms with Gasteiger partial charge in [-0.15, -0.1) is 0 Å². The van der Waals surface area contributed by atoms with Gasteiger partial charge in [0.2, 0.25) is 0 Å². The quantitative estimate of drug-likeness (QED) is 0.512. The van der Waals surface area contributed by atoms with Gasteiger partial charge in [0, 0.05) is 17.0 Å². The fourth-order valence-corrected chi connectivity index (χ4v) is 2.96. The molecule has 0 aliphatic heterocycles. The van der Waals surface area contributed by atoms with Gasteiger partial charge < -0.3 is 14.3 Å². The van der Waals surface area contributed by atoms with Gasteiger partial charge in [0.05, 0.1) is 6.54 Å². The van der Waals surface area contributed by atoms with Crippen molar-refractivity contribution in [2.45, 2.75) is 6.54 Å². The lowest BCUT2D eigenvalue weighted by atomic mass is 10.1. The van der Waals surface area contributed by atoms with Gasteiger partial charge in [-0.1, -0.05) is 47.6 Å². The van der Waals surface area contributed by atoms with Crippen LogP contribution in [-0.4, -0.2) is 15.1 Å². The summed E-state index contributed by atoms with van der Waals surface area (Å²) in [5, 5.41) is 8.35. The number of nitrogens with one attached hydrogen (secondary N) is 1. The number of benzene rings is 2. The summed E-state index contributed by atoms with van der Waals surface area (Å²) >= 11 is 0. The molecule has 3 aromatic heterocycles. The molecule has 0 aliphatic carbocycles. The number of aromatic nitrogens is 3. The van der Waals surface area contributed by atoms with Crippen molar-refractivity contribution in [2.75, 3.05) is 5.32 Å². The molecular weight excluding hydrogens is 328 g/mol. The molecule has 0 saturated heterocycles. The Kier molecular flexibility index (Phi) is 3.38. The largest absolute Gasteiger partial charge is 0.450 e. The monoisotopic (exact) mass is 342 g/mol. The van der Waals surface area contributed by atoms with Crippen LogP contribution in [-0.2, 0) is 6.54 Å². The summed E-state index contributed by atoms with van der Waals surface area (Å²) in [4.78, 5) is 8.65. The van der Waals surface area contributed by atoms with E-state index < -0.39 is 0 Å². The molecule has 6 heteroatoms. The normalized spacial score (nSPS) is 11.2. The van der Waals surface area contributed by atoms with Crippen molar-refractivity contribution in [3.05, 3.63) is 72.8 Å². The Bertz CT molecular complexity index is 1190. The Morgan fingerprint density at radius 2 is 1.77 bits per heavy atom. The number of anilines is 1. The van der Waals surface area contributed by atoms with Gasteiger partial charge in [0.15, 0.2) is 17.2 Å². The van der Waals surface area contributed by atoms with Crippen molar-refractivity contribution >= 4 is 27.9 Å². The van der Waals surface area contributed by atoms with Crippen molar-refractivity contribution in [2.24, 2.45) is 0 Å². The van der Waals surface area contributed by atoms with Gasteiger partial charge >= 0.3 is 0 Å². The minimum Gasteiger partial charge on any atom is -0.450 e. The van der Waals surface area contributed by atoms with Crippen LogP contribution < -0.4 is 5.32 Å². The third-order valence-corrected chi connectivity index (χ3v) is 4.22. The second kappa shape index (κ2) is 6.00. The van der Waals surface area contributed by atoms with Crippen LogP contribution in [0, 0.1) is 0 Å². The van der Waals surface area contributed by atoms with E-state index in [1.54, 1.807) is 0 Å². The zero-order valence-electron chi connectivity index (χ0n) is 13.7. The van der Waals surface area contributed by atoms with E-state index >= 15 is 0 Å². The molecule has 5 aromatic rings. The third kappa shape index (κ3) is 2.48. The summed E-state index contributed by atoms with van der Waals surface area (Å²) in [6.07, 6.45) is 1.53. The first-order valence-corrected chi connectivity index (χ1v) is 8.25. The van der Waals surface area contributed by atoms with E-state index in [4.69, 9.17) is 8.94 Å². The summed E-state index contributed by atoms with van der Waals surface area (Å²) in [6.45, 7) is 0.447. The Labute approximate surface area is 148 Å². The highest BCUT2D eigenvalue weighted by Gasteiger charge is 2.13. The average Bonchev–Trinajstić information content (AvgIpc) is 3.32. The van der Waals surface area contributed by atoms with E-state index in [2.05, 4.69) is 20.4 Å². The number of hydrogen-bond donors (Lipinski definition) is 1. The molecule has 1 N–H and O–H groups in total. The lowest BCUT2D eigenvalue weighted by molar-refractivity contribution is 0.390. The predicted octanol–water partition coefficient (Wildman–Crippen LogP) is 4.64. The minimum atomic E-state index is 0.447. The van der Waals surface area contributed by atoms with Gasteiger partial charge in [0.25, 0.3) is 0 Å². The van der Waals surface area contributed by atoms with Gasteiger partial charge in [0.1, 0.15) is 23.1 Å². The molecule has 0 fully saturated rings. The molecule has 2 aromatic carbocycles. The third-order valence-electron chi connectivity index (χ3n) is 4.22. The lowest BCUT2D eigenvalue weighted by Crippen LogP contribution is -2.01. The highest BCUT2D eigenvalue weighted by atomic mass is 16.5. The summed E-state index contributed by atoms with van der Waals surface area (Å²) < 4.78 is 11.3. The Hall–Kier alpha value is -3.67. The van der Waals surface area contributed by atoms with E-state index in [0.717, 1.165) is 27.7 Å². The molecule has 0 saturated carbocycles. The predicted molar refractivity (Wildman–Crippen MR) is 98.6 cm³/mol. The molecule has 0 radical (unpaired) electrons. The van der Waals surface area contributed by atoms with E-state index in [1.165, 1.54) is 6.33 Å². The number of para-hydroxylation sites is 1. The average molecular weight is 342 g/mol. The summed E-state index contributed by atoms with van der Waals surface area (Å²) in [7, 11) is 0. The van der Waals surface area contributed by atoms with Crippen molar-refractivity contribution in [1.82, 2.24) is 15.1 Å². The van der Waals surface area contributed by atoms with Crippen molar-refractivity contribution < 1.29 is 8.94 Å². The summed E-state index contributed by atoms with van der Waals surface area (Å²) in [5.41, 5.74) is 4.04. The van der Waals surface area contributed by atoms with E-state index in [0.29, 0.717) is 23.7 Å². The maximum Gasteiger partial charge on any atom is 0.196 e. The summed E-state index contributed by atoms with van der Waals surface area (Å²) in [5.74, 6) is 1.34. The molecule has 0 unspecified atom stereocenters. The number of fused-ring (bicyclic) bond motifs is 3. The number of furan rings is 1. The van der Waals surface area contributed by atoms with E-state index in [1.807, 2.05) is 60.7 Å². The zero-order chi connectivity index (χ0) is 17.3. The van der Waals surface area contributed by atoms with Crippen LogP contribution in [0.2, 0.25) is 0 Å². The number of nitrogens with zero attached hydrogens (tertiary/aromatic N) is 3. The minimum absolute atomic E-state index is 0.447. The first-order valence-electron chi connectivity index (χ1n) is 8.25. The molecule has 0 bridgehead atoms. The molecule has 0 aliphatic rings. The molecule has 0 spiro atoms. The van der Waals surface area contributed by atoms with Gasteiger partial charge in [-0.2, -0.15) is 0 Å². The molecule has 3 heterocycles. The van der Waals surface area contributed by atoms with Crippen LogP contribution in [0.5, 0.6) is 0 Å². The van der Waals surface area contributed by atoms with Crippen molar-refractivity contribution in [3.63, 3.8) is 0 Å². The number of rotatable bonds is 4.